The number of benzene rings is 2. The molecule has 4 heteroatoms. The van der Waals surface area contributed by atoms with Crippen LogP contribution in [0.5, 0.6) is 5.75 Å². The zero-order chi connectivity index (χ0) is 16.2. The number of para-hydroxylation sites is 3. The predicted octanol–water partition coefficient (Wildman–Crippen LogP) is 2.47. The van der Waals surface area contributed by atoms with E-state index in [1.54, 1.807) is 0 Å². The molecule has 1 unspecified atom stereocenters. The van der Waals surface area contributed by atoms with E-state index in [4.69, 9.17) is 4.74 Å². The minimum atomic E-state index is -0.559. The minimum absolute atomic E-state index is 0.281. The van der Waals surface area contributed by atoms with Crippen molar-refractivity contribution >= 4 is 11.0 Å². The molecule has 0 amide bonds. The van der Waals surface area contributed by atoms with Crippen LogP contribution in [0.1, 0.15) is 12.7 Å². The number of nitrogens with zero attached hydrogens (tertiary/aromatic N) is 2. The highest BCUT2D eigenvalue weighted by Crippen LogP contribution is 2.16. The molecule has 1 heterocycles. The van der Waals surface area contributed by atoms with Crippen molar-refractivity contribution in [3.63, 3.8) is 0 Å². The lowest BCUT2D eigenvalue weighted by atomic mass is 10.3. The van der Waals surface area contributed by atoms with Gasteiger partial charge in [0.1, 0.15) is 25.0 Å². The molecule has 4 nitrogen and oxygen atoms in total. The molecule has 23 heavy (non-hydrogen) atoms. The van der Waals surface area contributed by atoms with Gasteiger partial charge in [0, 0.05) is 6.42 Å². The van der Waals surface area contributed by atoms with Gasteiger partial charge in [-0.05, 0) is 24.3 Å². The van der Waals surface area contributed by atoms with Crippen molar-refractivity contribution in [3.8, 4) is 5.75 Å². The average molecular weight is 311 g/mol. The fourth-order valence-electron chi connectivity index (χ4n) is 3.04. The van der Waals surface area contributed by atoms with Crippen molar-refractivity contribution in [2.24, 2.45) is 7.05 Å². The van der Waals surface area contributed by atoms with Crippen LogP contribution in [0.4, 0.5) is 0 Å². The number of hydrogen-bond acceptors (Lipinski definition) is 2. The van der Waals surface area contributed by atoms with Crippen molar-refractivity contribution in [1.29, 1.82) is 0 Å². The molecule has 0 radical (unpaired) electrons. The number of aromatic nitrogens is 2. The lowest BCUT2D eigenvalue weighted by Crippen LogP contribution is -2.34. The van der Waals surface area contributed by atoms with Crippen molar-refractivity contribution < 1.29 is 14.4 Å². The monoisotopic (exact) mass is 311 g/mol. The molecule has 0 aliphatic heterocycles. The van der Waals surface area contributed by atoms with Gasteiger partial charge in [0.15, 0.2) is 11.0 Å². The van der Waals surface area contributed by atoms with E-state index in [-0.39, 0.29) is 6.61 Å². The van der Waals surface area contributed by atoms with Gasteiger partial charge in [-0.1, -0.05) is 37.3 Å². The number of imidazole rings is 1. The molecule has 0 fully saturated rings. The highest BCUT2D eigenvalue weighted by molar-refractivity contribution is 5.72. The summed E-state index contributed by atoms with van der Waals surface area (Å²) in [7, 11) is 2.07. The van der Waals surface area contributed by atoms with E-state index in [0.29, 0.717) is 6.54 Å². The zero-order valence-corrected chi connectivity index (χ0v) is 13.6. The molecule has 0 saturated carbocycles. The lowest BCUT2D eigenvalue weighted by molar-refractivity contribution is -0.653. The number of aliphatic hydroxyl groups excluding tert-OH is 1. The van der Waals surface area contributed by atoms with Crippen molar-refractivity contribution in [1.82, 2.24) is 4.57 Å². The third-order valence-corrected chi connectivity index (χ3v) is 4.13. The number of rotatable bonds is 6. The molecule has 1 N–H and O–H groups in total. The Bertz CT molecular complexity index is 781. The van der Waals surface area contributed by atoms with Crippen LogP contribution in [-0.4, -0.2) is 22.4 Å². The van der Waals surface area contributed by atoms with Crippen LogP contribution in [0.3, 0.4) is 0 Å². The highest BCUT2D eigenvalue weighted by atomic mass is 16.5. The SMILES string of the molecule is CCc1n(CC(O)COc2ccccc2)c2ccccc2[n+]1C. The van der Waals surface area contributed by atoms with Gasteiger partial charge in [-0.3, -0.25) is 0 Å². The van der Waals surface area contributed by atoms with E-state index < -0.39 is 6.10 Å². The number of aryl methyl sites for hydroxylation is 1. The molecule has 2 aromatic carbocycles. The van der Waals surface area contributed by atoms with Crippen molar-refractivity contribution in [2.75, 3.05) is 6.61 Å². The maximum absolute atomic E-state index is 10.4. The second-order valence-corrected chi connectivity index (χ2v) is 5.71. The van der Waals surface area contributed by atoms with E-state index >= 15 is 0 Å². The highest BCUT2D eigenvalue weighted by Gasteiger charge is 2.23. The Morgan fingerprint density at radius 2 is 1.78 bits per heavy atom. The fraction of sp³-hybridized carbons (Fsp3) is 0.316. The van der Waals surface area contributed by atoms with Gasteiger partial charge in [-0.2, -0.15) is 0 Å². The van der Waals surface area contributed by atoms with E-state index in [9.17, 15) is 5.11 Å². The summed E-state index contributed by atoms with van der Waals surface area (Å²) < 4.78 is 10.0. The number of ether oxygens (including phenoxy) is 1. The summed E-state index contributed by atoms with van der Waals surface area (Å²) in [4.78, 5) is 0. The van der Waals surface area contributed by atoms with Crippen LogP contribution >= 0.6 is 0 Å². The summed E-state index contributed by atoms with van der Waals surface area (Å²) in [6, 6.07) is 17.9. The largest absolute Gasteiger partial charge is 0.491 e. The molecule has 1 aromatic heterocycles. The summed E-state index contributed by atoms with van der Waals surface area (Å²) in [6.07, 6.45) is 0.355. The van der Waals surface area contributed by atoms with Gasteiger partial charge in [0.25, 0.3) is 5.82 Å². The standard InChI is InChI=1S/C19H23N2O2/c1-3-19-20(2)17-11-7-8-12-18(17)21(19)13-15(22)14-23-16-9-5-4-6-10-16/h4-12,15,22H,3,13-14H2,1-2H3/q+1. The molecular weight excluding hydrogens is 288 g/mol. The van der Waals surface area contributed by atoms with Crippen molar-refractivity contribution in [3.05, 3.63) is 60.4 Å². The van der Waals surface area contributed by atoms with Gasteiger partial charge in [0.05, 0.1) is 7.05 Å². The van der Waals surface area contributed by atoms with Crippen LogP contribution in [0.2, 0.25) is 0 Å². The smallest absolute Gasteiger partial charge is 0.256 e. The van der Waals surface area contributed by atoms with Crippen LogP contribution in [-0.2, 0) is 20.0 Å². The van der Waals surface area contributed by atoms with Crippen LogP contribution in [0.15, 0.2) is 54.6 Å². The van der Waals surface area contributed by atoms with E-state index in [1.165, 1.54) is 11.3 Å². The van der Waals surface area contributed by atoms with Gasteiger partial charge >= 0.3 is 0 Å². The fourth-order valence-corrected chi connectivity index (χ4v) is 3.04. The van der Waals surface area contributed by atoms with E-state index in [1.807, 2.05) is 42.5 Å². The topological polar surface area (TPSA) is 38.3 Å². The lowest BCUT2D eigenvalue weighted by Gasteiger charge is -2.12. The molecule has 0 bridgehead atoms. The first-order chi connectivity index (χ1) is 11.2. The second-order valence-electron chi connectivity index (χ2n) is 5.71. The summed E-state index contributed by atoms with van der Waals surface area (Å²) in [5, 5.41) is 10.4. The molecule has 3 aromatic rings. The zero-order valence-electron chi connectivity index (χ0n) is 13.6. The number of aliphatic hydroxyl groups is 1. The minimum Gasteiger partial charge on any atom is -0.491 e. The summed E-state index contributed by atoms with van der Waals surface area (Å²) in [6.45, 7) is 2.94. The Balaban J connectivity index is 1.78. The second kappa shape index (κ2) is 6.84. The van der Waals surface area contributed by atoms with Gasteiger partial charge in [0.2, 0.25) is 0 Å². The van der Waals surface area contributed by atoms with E-state index in [2.05, 4.69) is 35.2 Å². The molecule has 120 valence electrons. The van der Waals surface area contributed by atoms with Gasteiger partial charge < -0.3 is 9.84 Å². The first-order valence-electron chi connectivity index (χ1n) is 8.02. The molecule has 0 saturated heterocycles. The molecule has 3 rings (SSSR count). The Labute approximate surface area is 136 Å². The van der Waals surface area contributed by atoms with Gasteiger partial charge in [-0.25, -0.2) is 9.13 Å². The molecule has 1 atom stereocenters. The third-order valence-electron chi connectivity index (χ3n) is 4.13. The Hall–Kier alpha value is -2.33. The third kappa shape index (κ3) is 3.22. The molecular formula is C19H23N2O2+. The summed E-state index contributed by atoms with van der Waals surface area (Å²) in [5.41, 5.74) is 2.33. The number of hydrogen-bond donors (Lipinski definition) is 1. The molecule has 0 aliphatic rings. The summed E-state index contributed by atoms with van der Waals surface area (Å²) >= 11 is 0. The Morgan fingerprint density at radius 3 is 2.52 bits per heavy atom. The predicted molar refractivity (Wildman–Crippen MR) is 90.4 cm³/mol. The van der Waals surface area contributed by atoms with Gasteiger partial charge in [-0.15, -0.1) is 0 Å². The quantitative estimate of drug-likeness (QED) is 0.710. The van der Waals surface area contributed by atoms with Crippen LogP contribution in [0, 0.1) is 0 Å². The average Bonchev–Trinajstić information content (AvgIpc) is 2.86. The normalized spacial score (nSPS) is 12.5. The number of fused-ring (bicyclic) bond motifs is 1. The molecule has 0 spiro atoms. The molecule has 0 aliphatic carbocycles. The van der Waals surface area contributed by atoms with Crippen LogP contribution < -0.4 is 9.30 Å². The first kappa shape index (κ1) is 15.6. The maximum atomic E-state index is 10.4. The summed E-state index contributed by atoms with van der Waals surface area (Å²) in [5.74, 6) is 1.98. The Kier molecular flexibility index (Phi) is 4.63. The van der Waals surface area contributed by atoms with Crippen LogP contribution in [0.25, 0.3) is 11.0 Å². The Morgan fingerprint density at radius 1 is 1.09 bits per heavy atom. The first-order valence-corrected chi connectivity index (χ1v) is 8.02. The van der Waals surface area contributed by atoms with E-state index in [0.717, 1.165) is 17.7 Å². The van der Waals surface area contributed by atoms with Crippen molar-refractivity contribution in [2.45, 2.75) is 26.0 Å². The maximum Gasteiger partial charge on any atom is 0.256 e.